The van der Waals surface area contributed by atoms with Crippen molar-refractivity contribution in [2.75, 3.05) is 16.8 Å². The summed E-state index contributed by atoms with van der Waals surface area (Å²) in [6, 6.07) is 17.4. The number of alkyl halides is 3. The van der Waals surface area contributed by atoms with Gasteiger partial charge in [-0.25, -0.2) is 14.4 Å². The summed E-state index contributed by atoms with van der Waals surface area (Å²) in [4.78, 5) is 40.4. The number of rotatable bonds is 5. The maximum atomic E-state index is 12.8. The van der Waals surface area contributed by atoms with Gasteiger partial charge in [-0.15, -0.1) is 0 Å². The van der Waals surface area contributed by atoms with Gasteiger partial charge in [-0.05, 0) is 47.5 Å². The van der Waals surface area contributed by atoms with Crippen molar-refractivity contribution in [1.82, 2.24) is 4.98 Å². The number of ether oxygens (including phenoxy) is 1. The van der Waals surface area contributed by atoms with Gasteiger partial charge in [-0.2, -0.15) is 13.2 Å². The van der Waals surface area contributed by atoms with E-state index in [9.17, 15) is 27.6 Å². The molecule has 10 heteroatoms. The van der Waals surface area contributed by atoms with Crippen molar-refractivity contribution in [3.8, 4) is 11.1 Å². The third kappa shape index (κ3) is 5.91. The van der Waals surface area contributed by atoms with Gasteiger partial charge in [-0.1, -0.05) is 30.3 Å². The molecule has 0 aliphatic carbocycles. The molecule has 2 amide bonds. The molecule has 0 spiro atoms. The van der Waals surface area contributed by atoms with Gasteiger partial charge in [0.1, 0.15) is 6.54 Å². The number of aromatic nitrogens is 1. The van der Waals surface area contributed by atoms with Crippen LogP contribution in [0.2, 0.25) is 0 Å². The van der Waals surface area contributed by atoms with Crippen molar-refractivity contribution in [2.24, 2.45) is 0 Å². The topological polar surface area (TPSA) is 88.6 Å². The van der Waals surface area contributed by atoms with E-state index >= 15 is 0 Å². The summed E-state index contributed by atoms with van der Waals surface area (Å²) in [5.41, 5.74) is 2.39. The summed E-state index contributed by atoms with van der Waals surface area (Å²) in [5.74, 6) is -4.18. The van der Waals surface area contributed by atoms with E-state index in [1.807, 2.05) is 12.1 Å². The fourth-order valence-corrected chi connectivity index (χ4v) is 2.69. The summed E-state index contributed by atoms with van der Waals surface area (Å²) in [6.45, 7) is -0.910. The van der Waals surface area contributed by atoms with Crippen molar-refractivity contribution in [3.05, 3.63) is 79.1 Å². The van der Waals surface area contributed by atoms with Crippen molar-refractivity contribution >= 4 is 29.3 Å². The number of para-hydroxylation sites is 1. The SMILES string of the molecule is O=C(CN(C(=O)Nc1ccc(-c2ccncc2)cc1)c1ccccc1)OC(=O)C(F)(F)F. The molecule has 0 aliphatic heterocycles. The van der Waals surface area contributed by atoms with Crippen LogP contribution in [0.15, 0.2) is 79.1 Å². The summed E-state index contributed by atoms with van der Waals surface area (Å²) in [7, 11) is 0. The predicted molar refractivity (Wildman–Crippen MR) is 110 cm³/mol. The number of urea groups is 1. The largest absolute Gasteiger partial charge is 0.491 e. The van der Waals surface area contributed by atoms with Crippen LogP contribution in [0.1, 0.15) is 0 Å². The molecule has 1 aromatic heterocycles. The maximum Gasteiger partial charge on any atom is 0.491 e. The van der Waals surface area contributed by atoms with E-state index in [-0.39, 0.29) is 5.69 Å². The van der Waals surface area contributed by atoms with Gasteiger partial charge in [0, 0.05) is 23.8 Å². The quantitative estimate of drug-likeness (QED) is 0.466. The summed E-state index contributed by atoms with van der Waals surface area (Å²) in [5, 5.41) is 2.57. The van der Waals surface area contributed by atoms with E-state index in [2.05, 4.69) is 15.0 Å². The summed E-state index contributed by atoms with van der Waals surface area (Å²) >= 11 is 0. The first-order chi connectivity index (χ1) is 15.2. The van der Waals surface area contributed by atoms with Gasteiger partial charge < -0.3 is 10.1 Å². The number of benzene rings is 2. The van der Waals surface area contributed by atoms with E-state index in [0.717, 1.165) is 16.0 Å². The molecular formula is C22H16F3N3O4. The highest BCUT2D eigenvalue weighted by Gasteiger charge is 2.42. The molecule has 0 bridgehead atoms. The van der Waals surface area contributed by atoms with Gasteiger partial charge in [0.2, 0.25) is 0 Å². The van der Waals surface area contributed by atoms with Crippen LogP contribution in [0.4, 0.5) is 29.3 Å². The molecule has 1 heterocycles. The normalized spacial score (nSPS) is 10.8. The molecule has 3 aromatic rings. The number of esters is 2. The Balaban J connectivity index is 1.74. The number of hydrogen-bond acceptors (Lipinski definition) is 5. The lowest BCUT2D eigenvalue weighted by Gasteiger charge is -2.22. The zero-order valence-electron chi connectivity index (χ0n) is 16.4. The number of nitrogens with zero attached hydrogens (tertiary/aromatic N) is 2. The zero-order valence-corrected chi connectivity index (χ0v) is 16.4. The Morgan fingerprint density at radius 3 is 2.06 bits per heavy atom. The molecule has 0 aliphatic rings. The molecule has 0 atom stereocenters. The van der Waals surface area contributed by atoms with Gasteiger partial charge in [-0.3, -0.25) is 9.88 Å². The van der Waals surface area contributed by atoms with E-state index in [1.54, 1.807) is 54.9 Å². The van der Waals surface area contributed by atoms with E-state index in [1.165, 1.54) is 12.1 Å². The molecule has 32 heavy (non-hydrogen) atoms. The first-order valence-electron chi connectivity index (χ1n) is 9.20. The minimum Gasteiger partial charge on any atom is -0.385 e. The van der Waals surface area contributed by atoms with Crippen LogP contribution < -0.4 is 10.2 Å². The Kier molecular flexibility index (Phi) is 6.83. The summed E-state index contributed by atoms with van der Waals surface area (Å²) < 4.78 is 40.8. The Hall–Kier alpha value is -4.21. The Labute approximate surface area is 180 Å². The minimum absolute atomic E-state index is 0.217. The maximum absolute atomic E-state index is 12.8. The fraction of sp³-hybridized carbons (Fsp3) is 0.0909. The number of hydrogen-bond donors (Lipinski definition) is 1. The number of carbonyl (C=O) groups is 3. The first kappa shape index (κ1) is 22.5. The van der Waals surface area contributed by atoms with Crippen LogP contribution in [0, 0.1) is 0 Å². The average molecular weight is 443 g/mol. The molecule has 1 N–H and O–H groups in total. The van der Waals surface area contributed by atoms with Crippen LogP contribution in [0.25, 0.3) is 11.1 Å². The highest BCUT2D eigenvalue weighted by Crippen LogP contribution is 2.22. The number of anilines is 2. The van der Waals surface area contributed by atoms with Crippen LogP contribution in [-0.2, 0) is 14.3 Å². The molecule has 7 nitrogen and oxygen atoms in total. The second kappa shape index (κ2) is 9.73. The number of amides is 2. The molecule has 164 valence electrons. The van der Waals surface area contributed by atoms with Crippen molar-refractivity contribution in [1.29, 1.82) is 0 Å². The highest BCUT2D eigenvalue weighted by atomic mass is 19.4. The fourth-order valence-electron chi connectivity index (χ4n) is 2.69. The van der Waals surface area contributed by atoms with Crippen LogP contribution in [0.3, 0.4) is 0 Å². The monoisotopic (exact) mass is 443 g/mol. The number of pyridine rings is 1. The van der Waals surface area contributed by atoms with Gasteiger partial charge >= 0.3 is 24.1 Å². The molecule has 0 fully saturated rings. The van der Waals surface area contributed by atoms with Crippen LogP contribution >= 0.6 is 0 Å². The second-order valence-electron chi connectivity index (χ2n) is 6.42. The van der Waals surface area contributed by atoms with E-state index in [4.69, 9.17) is 0 Å². The molecule has 0 saturated carbocycles. The first-order valence-corrected chi connectivity index (χ1v) is 9.20. The van der Waals surface area contributed by atoms with Crippen LogP contribution in [-0.4, -0.2) is 35.7 Å². The standard InChI is InChI=1S/C22H16F3N3O4/c23-22(24,25)20(30)32-19(29)14-28(18-4-2-1-3-5-18)21(31)27-17-8-6-15(7-9-17)16-10-12-26-13-11-16/h1-13H,14H2,(H,27,31). The van der Waals surface area contributed by atoms with E-state index < -0.39 is 30.7 Å². The highest BCUT2D eigenvalue weighted by molar-refractivity contribution is 6.05. The number of carbonyl (C=O) groups excluding carboxylic acids is 3. The summed E-state index contributed by atoms with van der Waals surface area (Å²) in [6.07, 6.45) is -2.04. The number of halogens is 3. The van der Waals surface area contributed by atoms with Crippen molar-refractivity contribution < 1.29 is 32.3 Å². The molecule has 3 rings (SSSR count). The van der Waals surface area contributed by atoms with Gasteiger partial charge in [0.15, 0.2) is 0 Å². The minimum atomic E-state index is -5.33. The van der Waals surface area contributed by atoms with Crippen molar-refractivity contribution in [3.63, 3.8) is 0 Å². The Morgan fingerprint density at radius 2 is 1.47 bits per heavy atom. The average Bonchev–Trinajstić information content (AvgIpc) is 2.78. The molecular weight excluding hydrogens is 427 g/mol. The molecule has 0 unspecified atom stereocenters. The molecule has 0 saturated heterocycles. The lowest BCUT2D eigenvalue weighted by atomic mass is 10.1. The van der Waals surface area contributed by atoms with Crippen LogP contribution in [0.5, 0.6) is 0 Å². The van der Waals surface area contributed by atoms with Gasteiger partial charge in [0.05, 0.1) is 0 Å². The Morgan fingerprint density at radius 1 is 0.875 bits per heavy atom. The third-order valence-corrected chi connectivity index (χ3v) is 4.19. The predicted octanol–water partition coefficient (Wildman–Crippen LogP) is 4.42. The third-order valence-electron chi connectivity index (χ3n) is 4.19. The molecule has 0 radical (unpaired) electrons. The lowest BCUT2D eigenvalue weighted by Crippen LogP contribution is -2.41. The smallest absolute Gasteiger partial charge is 0.385 e. The van der Waals surface area contributed by atoms with Crippen molar-refractivity contribution in [2.45, 2.75) is 6.18 Å². The zero-order chi connectivity index (χ0) is 23.1. The van der Waals surface area contributed by atoms with E-state index in [0.29, 0.717) is 5.69 Å². The van der Waals surface area contributed by atoms with Gasteiger partial charge in [0.25, 0.3) is 0 Å². The number of nitrogens with one attached hydrogen (secondary N) is 1. The lowest BCUT2D eigenvalue weighted by molar-refractivity contribution is -0.201. The second-order valence-corrected chi connectivity index (χ2v) is 6.42. The Bertz CT molecular complexity index is 1090. The molecule has 2 aromatic carbocycles.